The number of ether oxygens (including phenoxy) is 3. The van der Waals surface area contributed by atoms with Crippen LogP contribution in [0.15, 0.2) is 12.7 Å². The Bertz CT molecular complexity index is 601. The summed E-state index contributed by atoms with van der Waals surface area (Å²) < 4.78 is 17.4. The van der Waals surface area contributed by atoms with Gasteiger partial charge in [0.25, 0.3) is 0 Å². The molecule has 0 aromatic heterocycles. The lowest BCUT2D eigenvalue weighted by atomic mass is 9.42. The van der Waals surface area contributed by atoms with Crippen molar-refractivity contribution >= 4 is 11.9 Å². The van der Waals surface area contributed by atoms with Crippen molar-refractivity contribution in [2.24, 2.45) is 17.3 Å². The van der Waals surface area contributed by atoms with Crippen LogP contribution in [0.3, 0.4) is 0 Å². The predicted octanol–water partition coefficient (Wildman–Crippen LogP) is 2.78. The standard InChI is InChI=1S/C19H26O5/c1-4-15(20)24-18-8-13-7-17(3,10-18)12(2)19(9-13,11-18)23-14-5-6-22-16(14)21/h4,12-14H,1,5-11H2,2-3H3. The number of cyclic esters (lactones) is 1. The molecule has 0 radical (unpaired) electrons. The van der Waals surface area contributed by atoms with Crippen LogP contribution in [0.2, 0.25) is 0 Å². The summed E-state index contributed by atoms with van der Waals surface area (Å²) in [7, 11) is 0. The van der Waals surface area contributed by atoms with Crippen LogP contribution in [0.25, 0.3) is 0 Å². The van der Waals surface area contributed by atoms with Gasteiger partial charge in [0.2, 0.25) is 0 Å². The molecule has 5 heteroatoms. The molecule has 0 aromatic carbocycles. The molecule has 1 heterocycles. The Morgan fingerprint density at radius 2 is 2.12 bits per heavy atom. The molecule has 1 saturated heterocycles. The van der Waals surface area contributed by atoms with E-state index in [0.29, 0.717) is 31.3 Å². The van der Waals surface area contributed by atoms with Crippen LogP contribution in [0.1, 0.15) is 52.4 Å². The topological polar surface area (TPSA) is 61.8 Å². The van der Waals surface area contributed by atoms with E-state index >= 15 is 0 Å². The average Bonchev–Trinajstić information content (AvgIpc) is 2.88. The number of esters is 2. The van der Waals surface area contributed by atoms with Crippen molar-refractivity contribution in [2.45, 2.75) is 69.7 Å². The maximum Gasteiger partial charge on any atom is 0.335 e. The van der Waals surface area contributed by atoms with E-state index in [1.807, 2.05) is 0 Å². The van der Waals surface area contributed by atoms with Crippen LogP contribution in [0, 0.1) is 17.3 Å². The molecule has 0 spiro atoms. The van der Waals surface area contributed by atoms with Gasteiger partial charge in [0, 0.05) is 18.9 Å². The fourth-order valence-electron chi connectivity index (χ4n) is 6.25. The summed E-state index contributed by atoms with van der Waals surface area (Å²) in [6.45, 7) is 8.49. The highest BCUT2D eigenvalue weighted by Crippen LogP contribution is 2.67. The third-order valence-corrected chi connectivity index (χ3v) is 6.98. The minimum Gasteiger partial charge on any atom is -0.464 e. The van der Waals surface area contributed by atoms with Gasteiger partial charge in [-0.2, -0.15) is 0 Å². The summed E-state index contributed by atoms with van der Waals surface area (Å²) in [4.78, 5) is 23.9. The highest BCUT2D eigenvalue weighted by molar-refractivity contribution is 5.81. The second-order valence-corrected chi connectivity index (χ2v) is 8.64. The normalized spacial score (nSPS) is 49.1. The molecule has 5 fully saturated rings. The van der Waals surface area contributed by atoms with Crippen molar-refractivity contribution in [1.29, 1.82) is 0 Å². The maximum atomic E-state index is 11.9. The van der Waals surface area contributed by atoms with Gasteiger partial charge in [0.05, 0.1) is 12.2 Å². The van der Waals surface area contributed by atoms with E-state index < -0.39 is 17.3 Å². The Hall–Kier alpha value is -1.36. The third kappa shape index (κ3) is 2.24. The van der Waals surface area contributed by atoms with E-state index in [9.17, 15) is 9.59 Å². The quantitative estimate of drug-likeness (QED) is 0.584. The SMILES string of the molecule is C=CC(=O)OC12CC3CC(C)(C1)C(C)C(OC1CCOC1=O)(C3)C2. The minimum absolute atomic E-state index is 0.0728. The lowest BCUT2D eigenvalue weighted by Gasteiger charge is -2.68. The van der Waals surface area contributed by atoms with E-state index in [2.05, 4.69) is 20.4 Å². The maximum absolute atomic E-state index is 11.9. The first-order chi connectivity index (χ1) is 11.3. The zero-order valence-electron chi connectivity index (χ0n) is 14.5. The number of carbonyl (C=O) groups excluding carboxylic acids is 2. The van der Waals surface area contributed by atoms with Crippen molar-refractivity contribution in [2.75, 3.05) is 6.61 Å². The Morgan fingerprint density at radius 1 is 1.33 bits per heavy atom. The molecule has 5 rings (SSSR count). The Labute approximate surface area is 142 Å². The molecule has 24 heavy (non-hydrogen) atoms. The molecule has 1 aliphatic heterocycles. The summed E-state index contributed by atoms with van der Waals surface area (Å²) in [6.07, 6.45) is 5.92. The Morgan fingerprint density at radius 3 is 2.79 bits per heavy atom. The molecular weight excluding hydrogens is 308 g/mol. The van der Waals surface area contributed by atoms with Crippen LogP contribution in [0.5, 0.6) is 0 Å². The molecule has 6 unspecified atom stereocenters. The van der Waals surface area contributed by atoms with Gasteiger partial charge in [-0.1, -0.05) is 20.4 Å². The highest BCUT2D eigenvalue weighted by atomic mass is 16.6. The fourth-order valence-corrected chi connectivity index (χ4v) is 6.25. The van der Waals surface area contributed by atoms with E-state index in [1.165, 1.54) is 6.08 Å². The third-order valence-electron chi connectivity index (χ3n) is 6.98. The molecule has 5 aliphatic rings. The summed E-state index contributed by atoms with van der Waals surface area (Å²) in [6, 6.07) is 0. The van der Waals surface area contributed by atoms with Gasteiger partial charge in [-0.3, -0.25) is 0 Å². The van der Waals surface area contributed by atoms with Crippen molar-refractivity contribution < 1.29 is 23.8 Å². The number of carbonyl (C=O) groups is 2. The second kappa shape index (κ2) is 5.07. The van der Waals surface area contributed by atoms with Crippen LogP contribution < -0.4 is 0 Å². The predicted molar refractivity (Wildman–Crippen MR) is 86.0 cm³/mol. The van der Waals surface area contributed by atoms with Crippen molar-refractivity contribution in [3.05, 3.63) is 12.7 Å². The Balaban J connectivity index is 1.67. The highest BCUT2D eigenvalue weighted by Gasteiger charge is 2.68. The number of rotatable bonds is 4. The lowest BCUT2D eigenvalue weighted by Crippen LogP contribution is -2.69. The number of hydrogen-bond acceptors (Lipinski definition) is 5. The van der Waals surface area contributed by atoms with Crippen molar-refractivity contribution in [1.82, 2.24) is 0 Å². The summed E-state index contributed by atoms with van der Waals surface area (Å²) in [5, 5.41) is 0. The monoisotopic (exact) mass is 334 g/mol. The fraction of sp³-hybridized carbons (Fsp3) is 0.789. The van der Waals surface area contributed by atoms with E-state index in [0.717, 1.165) is 25.7 Å². The molecule has 4 bridgehead atoms. The molecule has 0 amide bonds. The summed E-state index contributed by atoms with van der Waals surface area (Å²) in [5.41, 5.74) is -0.802. The van der Waals surface area contributed by atoms with Gasteiger partial charge >= 0.3 is 11.9 Å². The van der Waals surface area contributed by atoms with Gasteiger partial charge in [-0.15, -0.1) is 0 Å². The second-order valence-electron chi connectivity index (χ2n) is 8.64. The van der Waals surface area contributed by atoms with Crippen LogP contribution in [-0.2, 0) is 23.8 Å². The summed E-state index contributed by atoms with van der Waals surface area (Å²) >= 11 is 0. The first kappa shape index (κ1) is 16.1. The van der Waals surface area contributed by atoms with Gasteiger partial charge in [0.1, 0.15) is 5.60 Å². The van der Waals surface area contributed by atoms with E-state index in [-0.39, 0.29) is 17.4 Å². The molecule has 4 saturated carbocycles. The molecule has 4 aliphatic carbocycles. The minimum atomic E-state index is -0.476. The van der Waals surface area contributed by atoms with Crippen LogP contribution in [0.4, 0.5) is 0 Å². The molecule has 0 N–H and O–H groups in total. The first-order valence-corrected chi connectivity index (χ1v) is 9.00. The average molecular weight is 334 g/mol. The smallest absolute Gasteiger partial charge is 0.335 e. The largest absolute Gasteiger partial charge is 0.464 e. The lowest BCUT2D eigenvalue weighted by molar-refractivity contribution is -0.286. The van der Waals surface area contributed by atoms with Crippen LogP contribution >= 0.6 is 0 Å². The molecule has 6 atom stereocenters. The first-order valence-electron chi connectivity index (χ1n) is 9.00. The van der Waals surface area contributed by atoms with E-state index in [4.69, 9.17) is 14.2 Å². The van der Waals surface area contributed by atoms with Gasteiger partial charge in [-0.25, -0.2) is 9.59 Å². The zero-order valence-corrected chi connectivity index (χ0v) is 14.5. The zero-order chi connectivity index (χ0) is 17.2. The Kier molecular flexibility index (Phi) is 3.41. The van der Waals surface area contributed by atoms with Gasteiger partial charge in [-0.05, 0) is 42.9 Å². The molecular formula is C19H26O5. The molecule has 0 aromatic rings. The summed E-state index contributed by atoms with van der Waals surface area (Å²) in [5.74, 6) is 0.193. The van der Waals surface area contributed by atoms with Gasteiger partial charge in [0.15, 0.2) is 6.10 Å². The van der Waals surface area contributed by atoms with Crippen molar-refractivity contribution in [3.8, 4) is 0 Å². The van der Waals surface area contributed by atoms with E-state index in [1.54, 1.807) is 0 Å². The van der Waals surface area contributed by atoms with Gasteiger partial charge < -0.3 is 14.2 Å². The molecule has 5 nitrogen and oxygen atoms in total. The molecule has 132 valence electrons. The van der Waals surface area contributed by atoms with Crippen molar-refractivity contribution in [3.63, 3.8) is 0 Å². The number of hydrogen-bond donors (Lipinski definition) is 0. The van der Waals surface area contributed by atoms with Crippen LogP contribution in [-0.4, -0.2) is 35.9 Å².